The zero-order valence-corrected chi connectivity index (χ0v) is 7.86. The molecule has 1 saturated heterocycles. The number of nitrogens with zero attached hydrogens (tertiary/aromatic N) is 2. The van der Waals surface area contributed by atoms with Crippen molar-refractivity contribution in [1.29, 1.82) is 0 Å². The summed E-state index contributed by atoms with van der Waals surface area (Å²) in [4.78, 5) is 28.0. The normalized spacial score (nSPS) is 16.5. The maximum atomic E-state index is 11.4. The summed E-state index contributed by atoms with van der Waals surface area (Å²) in [5, 5.41) is 0. The minimum Gasteiger partial charge on any atom is -0.304 e. The number of ketones is 1. The monoisotopic (exact) mass is 190 g/mol. The number of amides is 1. The summed E-state index contributed by atoms with van der Waals surface area (Å²) in [6, 6.07) is 3.57. The fourth-order valence-corrected chi connectivity index (χ4v) is 1.56. The molecule has 1 aromatic rings. The summed E-state index contributed by atoms with van der Waals surface area (Å²) in [7, 11) is 0. The highest BCUT2D eigenvalue weighted by molar-refractivity contribution is 6.43. The van der Waals surface area contributed by atoms with E-state index < -0.39 is 5.91 Å². The lowest BCUT2D eigenvalue weighted by Crippen LogP contribution is -2.27. The molecule has 0 spiro atoms. The van der Waals surface area contributed by atoms with Gasteiger partial charge >= 0.3 is 0 Å². The van der Waals surface area contributed by atoms with Crippen LogP contribution in [0.1, 0.15) is 12.1 Å². The van der Waals surface area contributed by atoms with E-state index in [0.717, 1.165) is 11.4 Å². The van der Waals surface area contributed by atoms with Crippen molar-refractivity contribution >= 4 is 17.4 Å². The molecule has 1 aliphatic rings. The van der Waals surface area contributed by atoms with Crippen LogP contribution in [0.25, 0.3) is 0 Å². The molecule has 0 aliphatic carbocycles. The van der Waals surface area contributed by atoms with Crippen LogP contribution in [-0.4, -0.2) is 23.2 Å². The molecule has 72 valence electrons. The third-order valence-electron chi connectivity index (χ3n) is 2.32. The maximum Gasteiger partial charge on any atom is 0.294 e. The molecule has 0 bridgehead atoms. The molecule has 0 aromatic carbocycles. The molecule has 1 aliphatic heterocycles. The molecule has 1 amide bonds. The summed E-state index contributed by atoms with van der Waals surface area (Å²) >= 11 is 0. The molecule has 4 heteroatoms. The van der Waals surface area contributed by atoms with Gasteiger partial charge in [-0.05, 0) is 19.1 Å². The van der Waals surface area contributed by atoms with Crippen LogP contribution in [0.15, 0.2) is 18.3 Å². The number of carbonyl (C=O) groups excluding carboxylic acids is 2. The Balaban J connectivity index is 2.37. The number of anilines is 1. The van der Waals surface area contributed by atoms with Gasteiger partial charge in [0.1, 0.15) is 0 Å². The summed E-state index contributed by atoms with van der Waals surface area (Å²) in [6.45, 7) is 2.30. The van der Waals surface area contributed by atoms with E-state index in [0.29, 0.717) is 13.0 Å². The van der Waals surface area contributed by atoms with Gasteiger partial charge in [0, 0.05) is 19.2 Å². The zero-order valence-electron chi connectivity index (χ0n) is 7.86. The lowest BCUT2D eigenvalue weighted by molar-refractivity contribution is -0.133. The van der Waals surface area contributed by atoms with Crippen LogP contribution >= 0.6 is 0 Å². The number of hydrogen-bond donors (Lipinski definition) is 0. The van der Waals surface area contributed by atoms with Gasteiger partial charge in [-0.15, -0.1) is 0 Å². The van der Waals surface area contributed by atoms with Gasteiger partial charge < -0.3 is 4.90 Å². The Morgan fingerprint density at radius 1 is 1.43 bits per heavy atom. The number of pyridine rings is 1. The summed E-state index contributed by atoms with van der Waals surface area (Å²) < 4.78 is 0. The quantitative estimate of drug-likeness (QED) is 0.612. The average Bonchev–Trinajstić information content (AvgIpc) is 2.49. The van der Waals surface area contributed by atoms with Crippen molar-refractivity contribution in [2.24, 2.45) is 0 Å². The first-order chi connectivity index (χ1) is 6.70. The summed E-state index contributed by atoms with van der Waals surface area (Å²) in [5.41, 5.74) is 1.51. The molecule has 0 radical (unpaired) electrons. The van der Waals surface area contributed by atoms with E-state index in [1.165, 1.54) is 4.90 Å². The van der Waals surface area contributed by atoms with Crippen molar-refractivity contribution in [1.82, 2.24) is 4.98 Å². The second-order valence-corrected chi connectivity index (χ2v) is 3.24. The second kappa shape index (κ2) is 3.21. The van der Waals surface area contributed by atoms with E-state index in [2.05, 4.69) is 4.98 Å². The molecule has 4 nitrogen and oxygen atoms in total. The van der Waals surface area contributed by atoms with E-state index in [9.17, 15) is 9.59 Å². The van der Waals surface area contributed by atoms with Gasteiger partial charge in [-0.1, -0.05) is 0 Å². The number of aromatic nitrogens is 1. The Morgan fingerprint density at radius 3 is 2.79 bits per heavy atom. The molecule has 14 heavy (non-hydrogen) atoms. The fraction of sp³-hybridized carbons (Fsp3) is 0.300. The third-order valence-corrected chi connectivity index (χ3v) is 2.32. The molecule has 2 rings (SSSR count). The molecular weight excluding hydrogens is 180 g/mol. The molecule has 1 fully saturated rings. The van der Waals surface area contributed by atoms with Crippen molar-refractivity contribution < 1.29 is 9.59 Å². The Bertz CT molecular complexity index is 401. The number of hydrogen-bond acceptors (Lipinski definition) is 3. The van der Waals surface area contributed by atoms with E-state index in [4.69, 9.17) is 0 Å². The largest absolute Gasteiger partial charge is 0.304 e. The molecule has 2 heterocycles. The van der Waals surface area contributed by atoms with Gasteiger partial charge in [0.05, 0.1) is 11.4 Å². The van der Waals surface area contributed by atoms with E-state index in [1.54, 1.807) is 18.3 Å². The highest BCUT2D eigenvalue weighted by Crippen LogP contribution is 2.21. The summed E-state index contributed by atoms with van der Waals surface area (Å²) in [6.07, 6.45) is 1.98. The molecule has 1 aromatic heterocycles. The Labute approximate surface area is 81.6 Å². The average molecular weight is 190 g/mol. The molecular formula is C10H10N2O2. The number of aryl methyl sites for hydroxylation is 1. The predicted octanol–water partition coefficient (Wildman–Crippen LogP) is 0.696. The zero-order chi connectivity index (χ0) is 10.1. The molecule has 0 N–H and O–H groups in total. The van der Waals surface area contributed by atoms with E-state index >= 15 is 0 Å². The van der Waals surface area contributed by atoms with E-state index in [-0.39, 0.29) is 5.78 Å². The van der Waals surface area contributed by atoms with Gasteiger partial charge in [-0.3, -0.25) is 14.6 Å². The molecule has 0 atom stereocenters. The van der Waals surface area contributed by atoms with Gasteiger partial charge in [0.2, 0.25) is 5.78 Å². The maximum absolute atomic E-state index is 11.4. The van der Waals surface area contributed by atoms with Crippen molar-refractivity contribution in [3.8, 4) is 0 Å². The van der Waals surface area contributed by atoms with Crippen LogP contribution in [0.2, 0.25) is 0 Å². The topological polar surface area (TPSA) is 50.3 Å². The van der Waals surface area contributed by atoms with E-state index in [1.807, 2.05) is 6.92 Å². The summed E-state index contributed by atoms with van der Waals surface area (Å²) in [5.74, 6) is -0.727. The highest BCUT2D eigenvalue weighted by atomic mass is 16.2. The number of carbonyl (C=O) groups is 2. The minimum absolute atomic E-state index is 0.312. The molecule has 0 unspecified atom stereocenters. The van der Waals surface area contributed by atoms with Crippen molar-refractivity contribution in [2.45, 2.75) is 13.3 Å². The van der Waals surface area contributed by atoms with Crippen molar-refractivity contribution in [2.75, 3.05) is 11.4 Å². The standard InChI is InChI=1S/C10H10N2O2/c1-7-8(3-2-5-11-7)12-6-4-9(13)10(12)14/h2-3,5H,4,6H2,1H3. The second-order valence-electron chi connectivity index (χ2n) is 3.24. The molecule has 0 saturated carbocycles. The first kappa shape index (κ1) is 8.87. The first-order valence-electron chi connectivity index (χ1n) is 4.46. The first-order valence-corrected chi connectivity index (χ1v) is 4.46. The minimum atomic E-state index is -0.416. The Hall–Kier alpha value is -1.71. The predicted molar refractivity (Wildman–Crippen MR) is 51.0 cm³/mol. The lowest BCUT2D eigenvalue weighted by Gasteiger charge is -2.15. The smallest absolute Gasteiger partial charge is 0.294 e. The fourth-order valence-electron chi connectivity index (χ4n) is 1.56. The Morgan fingerprint density at radius 2 is 2.21 bits per heavy atom. The van der Waals surface area contributed by atoms with Gasteiger partial charge in [-0.25, -0.2) is 0 Å². The lowest BCUT2D eigenvalue weighted by atomic mass is 10.3. The third kappa shape index (κ3) is 1.28. The Kier molecular flexibility index (Phi) is 2.04. The van der Waals surface area contributed by atoms with Crippen LogP contribution in [0, 0.1) is 6.92 Å². The van der Waals surface area contributed by atoms with Crippen LogP contribution in [-0.2, 0) is 9.59 Å². The van der Waals surface area contributed by atoms with Gasteiger partial charge in [-0.2, -0.15) is 0 Å². The number of Topliss-reactive ketones (excluding diaryl/α,β-unsaturated/α-hetero) is 1. The van der Waals surface area contributed by atoms with Gasteiger partial charge in [0.15, 0.2) is 0 Å². The number of rotatable bonds is 1. The van der Waals surface area contributed by atoms with Crippen LogP contribution in [0.5, 0.6) is 0 Å². The van der Waals surface area contributed by atoms with Crippen molar-refractivity contribution in [3.05, 3.63) is 24.0 Å². The van der Waals surface area contributed by atoms with Gasteiger partial charge in [0.25, 0.3) is 5.91 Å². The highest BCUT2D eigenvalue weighted by Gasteiger charge is 2.31. The SMILES string of the molecule is Cc1ncccc1N1CCC(=O)C1=O. The van der Waals surface area contributed by atoms with Crippen LogP contribution in [0.4, 0.5) is 5.69 Å². The van der Waals surface area contributed by atoms with Crippen LogP contribution < -0.4 is 4.90 Å². The van der Waals surface area contributed by atoms with Crippen LogP contribution in [0.3, 0.4) is 0 Å². The van der Waals surface area contributed by atoms with Crippen molar-refractivity contribution in [3.63, 3.8) is 0 Å².